The SMILES string of the molecule is CCCCCCCCCCCCCCCCC1(C(=O)O)CC=C(C)CC1(CCCCCCCCCCCCCCCC)C(=O)O. The van der Waals surface area contributed by atoms with Crippen LogP contribution in [0.15, 0.2) is 11.6 Å². The lowest BCUT2D eigenvalue weighted by atomic mass is 9.52. The summed E-state index contributed by atoms with van der Waals surface area (Å²) in [4.78, 5) is 25.9. The van der Waals surface area contributed by atoms with Crippen molar-refractivity contribution >= 4 is 11.9 Å². The zero-order valence-electron chi connectivity index (χ0n) is 30.4. The molecule has 0 saturated carbocycles. The molecule has 4 nitrogen and oxygen atoms in total. The Kier molecular flexibility index (Phi) is 24.8. The fourth-order valence-electron chi connectivity index (χ4n) is 7.96. The van der Waals surface area contributed by atoms with Gasteiger partial charge in [-0.3, -0.25) is 9.59 Å². The Bertz CT molecular complexity index is 773. The molecular weight excluding hydrogens is 556 g/mol. The van der Waals surface area contributed by atoms with Crippen molar-refractivity contribution in [1.82, 2.24) is 0 Å². The Balaban J connectivity index is 2.40. The molecule has 45 heavy (non-hydrogen) atoms. The van der Waals surface area contributed by atoms with Gasteiger partial charge in [0.25, 0.3) is 0 Å². The Labute approximate surface area is 280 Å². The average Bonchev–Trinajstić information content (AvgIpc) is 3.02. The normalized spacial score (nSPS) is 19.9. The Morgan fingerprint density at radius 3 is 1.04 bits per heavy atom. The zero-order chi connectivity index (χ0) is 33.1. The molecule has 2 unspecified atom stereocenters. The van der Waals surface area contributed by atoms with Gasteiger partial charge in [0.1, 0.15) is 0 Å². The number of hydrogen-bond acceptors (Lipinski definition) is 2. The van der Waals surface area contributed by atoms with Crippen LogP contribution in [0.5, 0.6) is 0 Å². The van der Waals surface area contributed by atoms with Crippen molar-refractivity contribution in [2.45, 2.75) is 226 Å². The van der Waals surface area contributed by atoms with E-state index in [1.165, 1.54) is 141 Å². The molecule has 1 rings (SSSR count). The minimum Gasteiger partial charge on any atom is -0.481 e. The van der Waals surface area contributed by atoms with Gasteiger partial charge in [-0.2, -0.15) is 0 Å². The topological polar surface area (TPSA) is 74.6 Å². The van der Waals surface area contributed by atoms with Crippen molar-refractivity contribution in [1.29, 1.82) is 0 Å². The highest BCUT2D eigenvalue weighted by Crippen LogP contribution is 2.56. The number of carboxylic acid groups (broad SMARTS) is 2. The van der Waals surface area contributed by atoms with Crippen molar-refractivity contribution in [3.05, 3.63) is 11.6 Å². The largest absolute Gasteiger partial charge is 0.481 e. The number of hydrogen-bond donors (Lipinski definition) is 2. The molecular formula is C41H76O4. The first kappa shape index (κ1) is 41.7. The van der Waals surface area contributed by atoms with Crippen LogP contribution in [0, 0.1) is 10.8 Å². The number of allylic oxidation sites excluding steroid dienone is 2. The first-order valence-electron chi connectivity index (χ1n) is 20.0. The van der Waals surface area contributed by atoms with Crippen molar-refractivity contribution in [3.8, 4) is 0 Å². The van der Waals surface area contributed by atoms with Crippen LogP contribution in [-0.2, 0) is 9.59 Å². The van der Waals surface area contributed by atoms with E-state index in [2.05, 4.69) is 13.8 Å². The summed E-state index contributed by atoms with van der Waals surface area (Å²) in [5, 5.41) is 21.2. The summed E-state index contributed by atoms with van der Waals surface area (Å²) in [6.07, 6.45) is 39.0. The molecule has 0 bridgehead atoms. The van der Waals surface area contributed by atoms with Crippen molar-refractivity contribution in [2.75, 3.05) is 0 Å². The zero-order valence-corrected chi connectivity index (χ0v) is 30.4. The van der Waals surface area contributed by atoms with Gasteiger partial charge in [0.2, 0.25) is 0 Å². The van der Waals surface area contributed by atoms with E-state index in [-0.39, 0.29) is 0 Å². The van der Waals surface area contributed by atoms with Gasteiger partial charge in [-0.1, -0.05) is 205 Å². The number of carboxylic acids is 2. The maximum atomic E-state index is 13.0. The van der Waals surface area contributed by atoms with Gasteiger partial charge in [-0.15, -0.1) is 0 Å². The lowest BCUT2D eigenvalue weighted by molar-refractivity contribution is -0.177. The van der Waals surface area contributed by atoms with Gasteiger partial charge >= 0.3 is 11.9 Å². The molecule has 0 heterocycles. The first-order valence-corrected chi connectivity index (χ1v) is 20.0. The van der Waals surface area contributed by atoms with Crippen LogP contribution in [0.25, 0.3) is 0 Å². The standard InChI is InChI=1S/C41H76O4/c1-4-6-8-10-12-14-16-18-20-22-24-26-28-30-33-40(38(42)43)35-32-37(3)36-41(40,39(44)45)34-31-29-27-25-23-21-19-17-15-13-11-9-7-5-2/h32H,4-31,33-36H2,1-3H3,(H,42,43)(H,44,45). The van der Waals surface area contributed by atoms with E-state index in [4.69, 9.17) is 0 Å². The molecule has 264 valence electrons. The highest BCUT2D eigenvalue weighted by molar-refractivity contribution is 5.87. The molecule has 0 aromatic carbocycles. The summed E-state index contributed by atoms with van der Waals surface area (Å²) in [5.41, 5.74) is -1.34. The predicted molar refractivity (Wildman–Crippen MR) is 193 cm³/mol. The smallest absolute Gasteiger partial charge is 0.311 e. The summed E-state index contributed by atoms with van der Waals surface area (Å²) in [6.45, 7) is 6.52. The molecule has 2 N–H and O–H groups in total. The second-order valence-corrected chi connectivity index (χ2v) is 14.9. The van der Waals surface area contributed by atoms with E-state index >= 15 is 0 Å². The maximum absolute atomic E-state index is 13.0. The van der Waals surface area contributed by atoms with Gasteiger partial charge in [0.15, 0.2) is 0 Å². The quantitative estimate of drug-likeness (QED) is 0.0571. The van der Waals surface area contributed by atoms with Gasteiger partial charge < -0.3 is 10.2 Å². The molecule has 0 amide bonds. The predicted octanol–water partition coefficient (Wildman–Crippen LogP) is 13.6. The molecule has 0 fully saturated rings. The molecule has 0 aliphatic heterocycles. The monoisotopic (exact) mass is 633 g/mol. The summed E-state index contributed by atoms with van der Waals surface area (Å²) in [6, 6.07) is 0. The van der Waals surface area contributed by atoms with E-state index in [9.17, 15) is 19.8 Å². The molecule has 0 saturated heterocycles. The summed E-state index contributed by atoms with van der Waals surface area (Å²) in [7, 11) is 0. The van der Waals surface area contributed by atoms with Crippen molar-refractivity contribution in [3.63, 3.8) is 0 Å². The Hall–Kier alpha value is -1.32. The van der Waals surface area contributed by atoms with E-state index in [1.54, 1.807) is 0 Å². The van der Waals surface area contributed by atoms with Crippen LogP contribution in [-0.4, -0.2) is 22.2 Å². The third-order valence-electron chi connectivity index (χ3n) is 11.0. The number of aliphatic carboxylic acids is 2. The van der Waals surface area contributed by atoms with Gasteiger partial charge in [-0.25, -0.2) is 0 Å². The third-order valence-corrected chi connectivity index (χ3v) is 11.0. The average molecular weight is 633 g/mol. The molecule has 1 aliphatic rings. The van der Waals surface area contributed by atoms with Crippen LogP contribution in [0.1, 0.15) is 226 Å². The Morgan fingerprint density at radius 2 is 0.756 bits per heavy atom. The molecule has 0 aromatic heterocycles. The third kappa shape index (κ3) is 16.9. The van der Waals surface area contributed by atoms with E-state index in [0.717, 1.165) is 44.1 Å². The van der Waals surface area contributed by atoms with E-state index in [0.29, 0.717) is 25.7 Å². The lowest BCUT2D eigenvalue weighted by Gasteiger charge is -2.48. The highest BCUT2D eigenvalue weighted by Gasteiger charge is 2.61. The van der Waals surface area contributed by atoms with Crippen molar-refractivity contribution in [2.24, 2.45) is 10.8 Å². The minimum atomic E-state index is -1.19. The first-order chi connectivity index (χ1) is 21.9. The molecule has 0 radical (unpaired) electrons. The summed E-state index contributed by atoms with van der Waals surface area (Å²) < 4.78 is 0. The van der Waals surface area contributed by atoms with Crippen molar-refractivity contribution < 1.29 is 19.8 Å². The number of rotatable bonds is 32. The molecule has 0 spiro atoms. The molecule has 2 atom stereocenters. The van der Waals surface area contributed by atoms with Crippen LogP contribution < -0.4 is 0 Å². The van der Waals surface area contributed by atoms with Gasteiger partial charge in [0.05, 0.1) is 10.8 Å². The van der Waals surface area contributed by atoms with Crippen LogP contribution in [0.2, 0.25) is 0 Å². The Morgan fingerprint density at radius 1 is 0.489 bits per heavy atom. The van der Waals surface area contributed by atoms with Crippen LogP contribution in [0.3, 0.4) is 0 Å². The van der Waals surface area contributed by atoms with Crippen LogP contribution >= 0.6 is 0 Å². The minimum absolute atomic E-state index is 0.359. The molecule has 0 aromatic rings. The molecule has 4 heteroatoms. The summed E-state index contributed by atoms with van der Waals surface area (Å²) in [5.74, 6) is -1.79. The number of unbranched alkanes of at least 4 members (excludes halogenated alkanes) is 26. The summed E-state index contributed by atoms with van der Waals surface area (Å²) >= 11 is 0. The van der Waals surface area contributed by atoms with Gasteiger partial charge in [0, 0.05) is 0 Å². The molecule has 1 aliphatic carbocycles. The highest BCUT2D eigenvalue weighted by atomic mass is 16.4. The fourth-order valence-corrected chi connectivity index (χ4v) is 7.96. The maximum Gasteiger partial charge on any atom is 0.311 e. The second-order valence-electron chi connectivity index (χ2n) is 14.9. The number of carbonyl (C=O) groups is 2. The van der Waals surface area contributed by atoms with Crippen LogP contribution in [0.4, 0.5) is 0 Å². The lowest BCUT2D eigenvalue weighted by Crippen LogP contribution is -2.54. The second kappa shape index (κ2) is 26.7. The fraction of sp³-hybridized carbons (Fsp3) is 0.902. The van der Waals surface area contributed by atoms with E-state index < -0.39 is 22.8 Å². The van der Waals surface area contributed by atoms with Gasteiger partial charge in [-0.05, 0) is 32.6 Å². The van der Waals surface area contributed by atoms with E-state index in [1.807, 2.05) is 13.0 Å².